The molecule has 5 heteroatoms. The molecule has 0 saturated heterocycles. The molecule has 0 unspecified atom stereocenters. The minimum atomic E-state index is -0.837. The monoisotopic (exact) mass is 245 g/mol. The highest BCUT2D eigenvalue weighted by atomic mass is 19.2. The Morgan fingerprint density at radius 2 is 1.94 bits per heavy atom. The number of hydrogen-bond acceptors (Lipinski definition) is 2. The Bertz CT molecular complexity index is 706. The van der Waals surface area contributed by atoms with E-state index < -0.39 is 11.6 Å². The van der Waals surface area contributed by atoms with Crippen LogP contribution in [0.3, 0.4) is 0 Å². The van der Waals surface area contributed by atoms with Gasteiger partial charge in [-0.25, -0.2) is 18.3 Å². The minimum absolute atomic E-state index is 0.450. The molecule has 0 spiro atoms. The Balaban J connectivity index is 1.92. The normalized spacial score (nSPS) is 11.0. The molecule has 0 aliphatic carbocycles. The second-order valence-electron chi connectivity index (χ2n) is 3.98. The molecular weight excluding hydrogens is 236 g/mol. The standard InChI is InChI=1S/C13H9F2N3/c14-11-3-1-9(8-12(11)15)7-10-2-4-13-16-5-6-18(13)17-10/h1-6,8H,7H2. The highest BCUT2D eigenvalue weighted by Crippen LogP contribution is 2.12. The van der Waals surface area contributed by atoms with Gasteiger partial charge >= 0.3 is 0 Å². The molecule has 0 amide bonds. The van der Waals surface area contributed by atoms with Gasteiger partial charge < -0.3 is 0 Å². The summed E-state index contributed by atoms with van der Waals surface area (Å²) in [7, 11) is 0. The summed E-state index contributed by atoms with van der Waals surface area (Å²) in [4.78, 5) is 4.08. The molecule has 90 valence electrons. The van der Waals surface area contributed by atoms with Gasteiger partial charge in [0.15, 0.2) is 17.3 Å². The maximum absolute atomic E-state index is 13.1. The molecule has 0 fully saturated rings. The zero-order valence-electron chi connectivity index (χ0n) is 9.35. The smallest absolute Gasteiger partial charge is 0.159 e. The van der Waals surface area contributed by atoms with Gasteiger partial charge in [0.1, 0.15) is 0 Å². The van der Waals surface area contributed by atoms with E-state index in [1.54, 1.807) is 23.0 Å². The van der Waals surface area contributed by atoms with Gasteiger partial charge in [0.2, 0.25) is 0 Å². The predicted octanol–water partition coefficient (Wildman–Crippen LogP) is 2.60. The van der Waals surface area contributed by atoms with Crippen LogP contribution < -0.4 is 0 Å². The van der Waals surface area contributed by atoms with Gasteiger partial charge in [-0.05, 0) is 29.8 Å². The van der Waals surface area contributed by atoms with E-state index in [9.17, 15) is 8.78 Å². The number of rotatable bonds is 2. The van der Waals surface area contributed by atoms with Crippen LogP contribution in [0.5, 0.6) is 0 Å². The molecule has 2 heterocycles. The maximum Gasteiger partial charge on any atom is 0.159 e. The highest BCUT2D eigenvalue weighted by molar-refractivity contribution is 5.37. The van der Waals surface area contributed by atoms with Crippen LogP contribution in [0.2, 0.25) is 0 Å². The van der Waals surface area contributed by atoms with Gasteiger partial charge in [-0.1, -0.05) is 6.07 Å². The summed E-state index contributed by atoms with van der Waals surface area (Å²) in [5.74, 6) is -1.67. The van der Waals surface area contributed by atoms with Crippen molar-refractivity contribution in [2.75, 3.05) is 0 Å². The zero-order chi connectivity index (χ0) is 12.5. The van der Waals surface area contributed by atoms with Crippen molar-refractivity contribution in [3.8, 4) is 0 Å². The molecule has 3 rings (SSSR count). The Kier molecular flexibility index (Phi) is 2.51. The summed E-state index contributed by atoms with van der Waals surface area (Å²) in [6.07, 6.45) is 3.85. The van der Waals surface area contributed by atoms with E-state index in [2.05, 4.69) is 10.1 Å². The Morgan fingerprint density at radius 1 is 1.06 bits per heavy atom. The summed E-state index contributed by atoms with van der Waals surface area (Å²) in [5.41, 5.74) is 2.21. The van der Waals surface area contributed by atoms with Gasteiger partial charge in [0.05, 0.1) is 5.69 Å². The Morgan fingerprint density at radius 3 is 2.78 bits per heavy atom. The van der Waals surface area contributed by atoms with Crippen LogP contribution in [-0.4, -0.2) is 14.6 Å². The van der Waals surface area contributed by atoms with Crippen molar-refractivity contribution in [2.24, 2.45) is 0 Å². The first-order chi connectivity index (χ1) is 8.72. The number of nitrogens with zero attached hydrogens (tertiary/aromatic N) is 3. The molecule has 0 N–H and O–H groups in total. The van der Waals surface area contributed by atoms with Crippen LogP contribution >= 0.6 is 0 Å². The predicted molar refractivity (Wildman–Crippen MR) is 62.2 cm³/mol. The SMILES string of the molecule is Fc1ccc(Cc2ccc3nccn3n2)cc1F. The van der Waals surface area contributed by atoms with Crippen molar-refractivity contribution in [1.29, 1.82) is 0 Å². The number of fused-ring (bicyclic) bond motifs is 1. The van der Waals surface area contributed by atoms with Crippen LogP contribution in [0.15, 0.2) is 42.7 Å². The molecule has 18 heavy (non-hydrogen) atoms. The largest absolute Gasteiger partial charge is 0.236 e. The van der Waals surface area contributed by atoms with Crippen molar-refractivity contribution in [2.45, 2.75) is 6.42 Å². The first kappa shape index (κ1) is 10.8. The van der Waals surface area contributed by atoms with Crippen LogP contribution in [0.4, 0.5) is 8.78 Å². The Labute approximate surface area is 102 Å². The summed E-state index contributed by atoms with van der Waals surface area (Å²) in [6, 6.07) is 7.53. The second-order valence-corrected chi connectivity index (χ2v) is 3.98. The molecule has 0 aliphatic heterocycles. The van der Waals surface area contributed by atoms with Gasteiger partial charge in [0.25, 0.3) is 0 Å². The van der Waals surface area contributed by atoms with E-state index in [0.717, 1.165) is 17.4 Å². The molecule has 0 radical (unpaired) electrons. The summed E-state index contributed by atoms with van der Waals surface area (Å²) < 4.78 is 27.5. The number of imidazole rings is 1. The molecular formula is C13H9F2N3. The quantitative estimate of drug-likeness (QED) is 0.694. The molecule has 3 nitrogen and oxygen atoms in total. The number of aromatic nitrogens is 3. The number of halogens is 2. The lowest BCUT2D eigenvalue weighted by molar-refractivity contribution is 0.507. The van der Waals surface area contributed by atoms with E-state index in [1.807, 2.05) is 12.1 Å². The first-order valence-electron chi connectivity index (χ1n) is 5.45. The second kappa shape index (κ2) is 4.18. The van der Waals surface area contributed by atoms with Crippen molar-refractivity contribution >= 4 is 5.65 Å². The fourth-order valence-electron chi connectivity index (χ4n) is 1.81. The van der Waals surface area contributed by atoms with E-state index in [0.29, 0.717) is 12.0 Å². The number of hydrogen-bond donors (Lipinski definition) is 0. The molecule has 0 saturated carbocycles. The van der Waals surface area contributed by atoms with Crippen LogP contribution in [0.25, 0.3) is 5.65 Å². The van der Waals surface area contributed by atoms with E-state index in [-0.39, 0.29) is 0 Å². The third-order valence-electron chi connectivity index (χ3n) is 2.68. The zero-order valence-corrected chi connectivity index (χ0v) is 9.35. The summed E-state index contributed by atoms with van der Waals surface area (Å²) >= 11 is 0. The molecule has 0 bridgehead atoms. The molecule has 0 aliphatic rings. The van der Waals surface area contributed by atoms with Crippen molar-refractivity contribution in [1.82, 2.24) is 14.6 Å². The lowest BCUT2D eigenvalue weighted by atomic mass is 10.1. The van der Waals surface area contributed by atoms with Crippen LogP contribution in [0, 0.1) is 11.6 Å². The number of benzene rings is 1. The lowest BCUT2D eigenvalue weighted by Gasteiger charge is -2.02. The highest BCUT2D eigenvalue weighted by Gasteiger charge is 2.05. The van der Waals surface area contributed by atoms with E-state index in [1.165, 1.54) is 6.07 Å². The van der Waals surface area contributed by atoms with Gasteiger partial charge in [-0.15, -0.1) is 0 Å². The summed E-state index contributed by atoms with van der Waals surface area (Å²) in [5, 5.41) is 4.32. The molecule has 0 atom stereocenters. The first-order valence-corrected chi connectivity index (χ1v) is 5.45. The third kappa shape index (κ3) is 1.95. The fraction of sp³-hybridized carbons (Fsp3) is 0.0769. The minimum Gasteiger partial charge on any atom is -0.236 e. The third-order valence-corrected chi connectivity index (χ3v) is 2.68. The summed E-state index contributed by atoms with van der Waals surface area (Å²) in [6.45, 7) is 0. The molecule has 3 aromatic rings. The van der Waals surface area contributed by atoms with Crippen LogP contribution in [0.1, 0.15) is 11.3 Å². The molecule has 1 aromatic carbocycles. The Hall–Kier alpha value is -2.30. The van der Waals surface area contributed by atoms with Crippen molar-refractivity contribution in [3.05, 3.63) is 65.6 Å². The van der Waals surface area contributed by atoms with Crippen molar-refractivity contribution < 1.29 is 8.78 Å². The van der Waals surface area contributed by atoms with Crippen LogP contribution in [-0.2, 0) is 6.42 Å². The maximum atomic E-state index is 13.1. The average molecular weight is 245 g/mol. The topological polar surface area (TPSA) is 30.2 Å². The lowest BCUT2D eigenvalue weighted by Crippen LogP contribution is -1.99. The average Bonchev–Trinajstić information content (AvgIpc) is 2.81. The van der Waals surface area contributed by atoms with Gasteiger partial charge in [-0.2, -0.15) is 5.10 Å². The van der Waals surface area contributed by atoms with Gasteiger partial charge in [0, 0.05) is 18.8 Å². The van der Waals surface area contributed by atoms with E-state index >= 15 is 0 Å². The molecule has 2 aromatic heterocycles. The van der Waals surface area contributed by atoms with Crippen molar-refractivity contribution in [3.63, 3.8) is 0 Å². The van der Waals surface area contributed by atoms with E-state index in [4.69, 9.17) is 0 Å². The van der Waals surface area contributed by atoms with Gasteiger partial charge in [-0.3, -0.25) is 0 Å². The fourth-order valence-corrected chi connectivity index (χ4v) is 1.81.